The highest BCUT2D eigenvalue weighted by atomic mass is 14.6. The van der Waals surface area contributed by atoms with E-state index in [1.165, 1.54) is 12.8 Å². The lowest BCUT2D eigenvalue weighted by Gasteiger charge is -2.03. The minimum Gasteiger partial charge on any atom is -0.330 e. The second kappa shape index (κ2) is 6.78. The Kier molecular flexibility index (Phi) is 6.55. The summed E-state index contributed by atoms with van der Waals surface area (Å²) in [4.78, 5) is 0. The number of rotatable bonds is 6. The topological polar surface area (TPSA) is 52.0 Å². The van der Waals surface area contributed by atoms with Crippen LogP contribution in [0.15, 0.2) is 12.7 Å². The SMILES string of the molecule is C=CC(N)CCCCCN. The van der Waals surface area contributed by atoms with Gasteiger partial charge in [0.05, 0.1) is 0 Å². The lowest BCUT2D eigenvalue weighted by atomic mass is 10.1. The molecule has 0 aliphatic heterocycles. The van der Waals surface area contributed by atoms with Crippen molar-refractivity contribution >= 4 is 0 Å². The molecule has 4 N–H and O–H groups in total. The molecular formula is C8H18N2. The van der Waals surface area contributed by atoms with Crippen LogP contribution >= 0.6 is 0 Å². The van der Waals surface area contributed by atoms with Crippen molar-refractivity contribution in [2.45, 2.75) is 31.7 Å². The Bertz CT molecular complexity index is 81.3. The average Bonchev–Trinajstić information content (AvgIpc) is 1.98. The molecule has 0 bridgehead atoms. The molecule has 0 aliphatic rings. The van der Waals surface area contributed by atoms with E-state index in [1.807, 2.05) is 0 Å². The number of unbranched alkanes of at least 4 members (excludes halogenated alkanes) is 2. The molecule has 0 heterocycles. The number of nitrogens with two attached hydrogens (primary N) is 2. The van der Waals surface area contributed by atoms with Crippen LogP contribution in [0, 0.1) is 0 Å². The third kappa shape index (κ3) is 5.79. The van der Waals surface area contributed by atoms with Crippen molar-refractivity contribution in [3.8, 4) is 0 Å². The highest BCUT2D eigenvalue weighted by Crippen LogP contribution is 2.01. The van der Waals surface area contributed by atoms with E-state index in [0.717, 1.165) is 19.4 Å². The summed E-state index contributed by atoms with van der Waals surface area (Å²) in [5, 5.41) is 0. The van der Waals surface area contributed by atoms with Crippen molar-refractivity contribution in [2.75, 3.05) is 6.54 Å². The van der Waals surface area contributed by atoms with Crippen molar-refractivity contribution in [3.63, 3.8) is 0 Å². The second-order valence-electron chi connectivity index (χ2n) is 2.54. The van der Waals surface area contributed by atoms with E-state index in [4.69, 9.17) is 11.5 Å². The normalized spacial score (nSPS) is 13.0. The second-order valence-corrected chi connectivity index (χ2v) is 2.54. The molecule has 2 heteroatoms. The van der Waals surface area contributed by atoms with E-state index in [2.05, 4.69) is 6.58 Å². The van der Waals surface area contributed by atoms with Gasteiger partial charge in [0.2, 0.25) is 0 Å². The first-order chi connectivity index (χ1) is 4.81. The van der Waals surface area contributed by atoms with Crippen LogP contribution in [-0.2, 0) is 0 Å². The zero-order valence-corrected chi connectivity index (χ0v) is 6.55. The van der Waals surface area contributed by atoms with Gasteiger partial charge in [0, 0.05) is 6.04 Å². The molecule has 0 aliphatic carbocycles. The number of hydrogen-bond acceptors (Lipinski definition) is 2. The maximum atomic E-state index is 5.61. The molecule has 1 unspecified atom stereocenters. The summed E-state index contributed by atoms with van der Waals surface area (Å²) in [7, 11) is 0. The summed E-state index contributed by atoms with van der Waals surface area (Å²) >= 11 is 0. The molecule has 0 aromatic heterocycles. The third-order valence-corrected chi connectivity index (χ3v) is 1.54. The van der Waals surface area contributed by atoms with Gasteiger partial charge in [-0.25, -0.2) is 0 Å². The zero-order valence-electron chi connectivity index (χ0n) is 6.55. The molecule has 60 valence electrons. The quantitative estimate of drug-likeness (QED) is 0.429. The van der Waals surface area contributed by atoms with Crippen LogP contribution in [0.2, 0.25) is 0 Å². The average molecular weight is 142 g/mol. The zero-order chi connectivity index (χ0) is 7.82. The molecule has 0 rings (SSSR count). The Morgan fingerprint density at radius 1 is 1.30 bits per heavy atom. The van der Waals surface area contributed by atoms with Crippen molar-refractivity contribution in [1.29, 1.82) is 0 Å². The predicted octanol–water partition coefficient (Wildman–Crippen LogP) is 1.02. The molecule has 0 fully saturated rings. The molecular weight excluding hydrogens is 124 g/mol. The molecule has 10 heavy (non-hydrogen) atoms. The maximum absolute atomic E-state index is 5.61. The minimum absolute atomic E-state index is 0.178. The van der Waals surface area contributed by atoms with E-state index in [1.54, 1.807) is 6.08 Å². The highest BCUT2D eigenvalue weighted by molar-refractivity contribution is 4.81. The molecule has 0 saturated carbocycles. The van der Waals surface area contributed by atoms with Gasteiger partial charge in [0.25, 0.3) is 0 Å². The van der Waals surface area contributed by atoms with Gasteiger partial charge in [-0.15, -0.1) is 6.58 Å². The van der Waals surface area contributed by atoms with Crippen molar-refractivity contribution < 1.29 is 0 Å². The van der Waals surface area contributed by atoms with E-state index < -0.39 is 0 Å². The highest BCUT2D eigenvalue weighted by Gasteiger charge is 1.94. The van der Waals surface area contributed by atoms with E-state index >= 15 is 0 Å². The fraction of sp³-hybridized carbons (Fsp3) is 0.750. The first kappa shape index (κ1) is 9.66. The van der Waals surface area contributed by atoms with Crippen molar-refractivity contribution in [1.82, 2.24) is 0 Å². The van der Waals surface area contributed by atoms with Gasteiger partial charge in [-0.1, -0.05) is 18.9 Å². The monoisotopic (exact) mass is 142 g/mol. The Hall–Kier alpha value is -0.340. The predicted molar refractivity (Wildman–Crippen MR) is 45.7 cm³/mol. The molecule has 0 aromatic rings. The van der Waals surface area contributed by atoms with Crippen molar-refractivity contribution in [3.05, 3.63) is 12.7 Å². The molecule has 0 amide bonds. The van der Waals surface area contributed by atoms with Crippen LogP contribution in [0.3, 0.4) is 0 Å². The Morgan fingerprint density at radius 2 is 2.00 bits per heavy atom. The Labute approximate surface area is 63.3 Å². The molecule has 0 saturated heterocycles. The Morgan fingerprint density at radius 3 is 2.50 bits per heavy atom. The summed E-state index contributed by atoms with van der Waals surface area (Å²) in [5.74, 6) is 0. The van der Waals surface area contributed by atoms with Crippen LogP contribution < -0.4 is 11.5 Å². The molecule has 2 nitrogen and oxygen atoms in total. The van der Waals surface area contributed by atoms with Gasteiger partial charge < -0.3 is 11.5 Å². The molecule has 0 radical (unpaired) electrons. The lowest BCUT2D eigenvalue weighted by Crippen LogP contribution is -2.15. The lowest BCUT2D eigenvalue weighted by molar-refractivity contribution is 0.610. The fourth-order valence-electron chi connectivity index (χ4n) is 0.819. The van der Waals surface area contributed by atoms with Crippen LogP contribution in [0.25, 0.3) is 0 Å². The standard InChI is InChI=1S/C8H18N2/c1-2-8(10)6-4-3-5-7-9/h2,8H,1,3-7,9-10H2. The summed E-state index contributed by atoms with van der Waals surface area (Å²) < 4.78 is 0. The van der Waals surface area contributed by atoms with Gasteiger partial charge in [-0.05, 0) is 19.4 Å². The Balaban J connectivity index is 2.95. The van der Waals surface area contributed by atoms with E-state index in [-0.39, 0.29) is 6.04 Å². The smallest absolute Gasteiger partial charge is 0.0221 e. The summed E-state index contributed by atoms with van der Waals surface area (Å²) in [5.41, 5.74) is 10.9. The first-order valence-corrected chi connectivity index (χ1v) is 3.89. The van der Waals surface area contributed by atoms with Crippen molar-refractivity contribution in [2.24, 2.45) is 11.5 Å². The maximum Gasteiger partial charge on any atom is 0.0221 e. The van der Waals surface area contributed by atoms with Gasteiger partial charge in [0.15, 0.2) is 0 Å². The van der Waals surface area contributed by atoms with Gasteiger partial charge >= 0.3 is 0 Å². The summed E-state index contributed by atoms with van der Waals surface area (Å²) in [6.07, 6.45) is 6.32. The van der Waals surface area contributed by atoms with Crippen LogP contribution in [-0.4, -0.2) is 12.6 Å². The summed E-state index contributed by atoms with van der Waals surface area (Å²) in [6, 6.07) is 0.178. The van der Waals surface area contributed by atoms with Gasteiger partial charge in [-0.2, -0.15) is 0 Å². The van der Waals surface area contributed by atoms with Gasteiger partial charge in [-0.3, -0.25) is 0 Å². The fourth-order valence-corrected chi connectivity index (χ4v) is 0.819. The van der Waals surface area contributed by atoms with Crippen LogP contribution in [0.4, 0.5) is 0 Å². The molecule has 1 atom stereocenters. The van der Waals surface area contributed by atoms with E-state index in [0.29, 0.717) is 0 Å². The third-order valence-electron chi connectivity index (χ3n) is 1.54. The molecule has 0 aromatic carbocycles. The molecule has 0 spiro atoms. The number of hydrogen-bond donors (Lipinski definition) is 2. The van der Waals surface area contributed by atoms with Gasteiger partial charge in [0.1, 0.15) is 0 Å². The van der Waals surface area contributed by atoms with E-state index in [9.17, 15) is 0 Å². The summed E-state index contributed by atoms with van der Waals surface area (Å²) in [6.45, 7) is 4.40. The largest absolute Gasteiger partial charge is 0.330 e. The first-order valence-electron chi connectivity index (χ1n) is 3.89. The van der Waals surface area contributed by atoms with Crippen LogP contribution in [0.5, 0.6) is 0 Å². The minimum atomic E-state index is 0.178. The van der Waals surface area contributed by atoms with Crippen LogP contribution in [0.1, 0.15) is 25.7 Å².